The largest absolute Gasteiger partial charge is 0.437 e. The summed E-state index contributed by atoms with van der Waals surface area (Å²) in [6.45, 7) is 6.04. The van der Waals surface area contributed by atoms with Gasteiger partial charge in [0.25, 0.3) is 0 Å². The van der Waals surface area contributed by atoms with Crippen molar-refractivity contribution in [3.63, 3.8) is 0 Å². The van der Waals surface area contributed by atoms with Gasteiger partial charge in [-0.1, -0.05) is 17.7 Å². The summed E-state index contributed by atoms with van der Waals surface area (Å²) < 4.78 is 5.84. The molecule has 0 amide bonds. The Hall–Kier alpha value is -2.79. The maximum atomic E-state index is 6.19. The van der Waals surface area contributed by atoms with E-state index in [1.165, 1.54) is 11.9 Å². The fourth-order valence-electron chi connectivity index (χ4n) is 2.34. The van der Waals surface area contributed by atoms with E-state index in [1.54, 1.807) is 6.07 Å². The van der Waals surface area contributed by atoms with Crippen molar-refractivity contribution < 1.29 is 4.74 Å². The third-order valence-electron chi connectivity index (χ3n) is 3.98. The first kappa shape index (κ1) is 17.0. The molecule has 6 heteroatoms. The van der Waals surface area contributed by atoms with Crippen LogP contribution in [0.25, 0.3) is 0 Å². The molecule has 0 radical (unpaired) electrons. The maximum absolute atomic E-state index is 6.19. The summed E-state index contributed by atoms with van der Waals surface area (Å²) in [5, 5.41) is 3.88. The molecule has 5 nitrogen and oxygen atoms in total. The molecule has 2 aromatic carbocycles. The second kappa shape index (κ2) is 6.99. The zero-order valence-electron chi connectivity index (χ0n) is 14.3. The molecule has 0 atom stereocenters. The quantitative estimate of drug-likeness (QED) is 0.675. The van der Waals surface area contributed by atoms with Crippen LogP contribution in [0.2, 0.25) is 5.02 Å². The molecule has 3 rings (SSSR count). The number of rotatable bonds is 4. The first-order valence-electron chi connectivity index (χ1n) is 7.83. The molecule has 3 aromatic rings. The Labute approximate surface area is 151 Å². The van der Waals surface area contributed by atoms with Crippen molar-refractivity contribution in [2.45, 2.75) is 20.8 Å². The van der Waals surface area contributed by atoms with Crippen LogP contribution in [-0.2, 0) is 0 Å². The molecule has 0 saturated heterocycles. The van der Waals surface area contributed by atoms with E-state index in [1.807, 2.05) is 44.2 Å². The smallest absolute Gasteiger partial charge is 0.248 e. The third-order valence-corrected chi connectivity index (χ3v) is 4.22. The fraction of sp³-hybridized carbons (Fsp3) is 0.158. The molecule has 1 heterocycles. The lowest BCUT2D eigenvalue weighted by molar-refractivity contribution is 0.464. The van der Waals surface area contributed by atoms with Crippen LogP contribution in [0.15, 0.2) is 42.7 Å². The van der Waals surface area contributed by atoms with Gasteiger partial charge < -0.3 is 15.8 Å². The highest BCUT2D eigenvalue weighted by Crippen LogP contribution is 2.32. The molecule has 0 unspecified atom stereocenters. The van der Waals surface area contributed by atoms with Crippen molar-refractivity contribution in [1.82, 2.24) is 9.97 Å². The summed E-state index contributed by atoms with van der Waals surface area (Å²) in [6, 6.07) is 11.4. The van der Waals surface area contributed by atoms with Crippen LogP contribution < -0.4 is 15.8 Å². The number of ether oxygens (including phenoxy) is 1. The van der Waals surface area contributed by atoms with Gasteiger partial charge in [0, 0.05) is 10.7 Å². The maximum Gasteiger partial charge on any atom is 0.248 e. The van der Waals surface area contributed by atoms with Crippen LogP contribution in [0.5, 0.6) is 11.6 Å². The molecule has 128 valence electrons. The van der Waals surface area contributed by atoms with Gasteiger partial charge in [0.2, 0.25) is 5.88 Å². The highest BCUT2D eigenvalue weighted by Gasteiger charge is 2.12. The lowest BCUT2D eigenvalue weighted by Crippen LogP contribution is -2.04. The molecule has 3 N–H and O–H groups in total. The lowest BCUT2D eigenvalue weighted by atomic mass is 10.1. The summed E-state index contributed by atoms with van der Waals surface area (Å²) in [6.07, 6.45) is 1.42. The molecule has 0 aliphatic rings. The second-order valence-electron chi connectivity index (χ2n) is 5.87. The van der Waals surface area contributed by atoms with Crippen molar-refractivity contribution in [1.29, 1.82) is 0 Å². The molecule has 0 aliphatic carbocycles. The summed E-state index contributed by atoms with van der Waals surface area (Å²) in [7, 11) is 0. The van der Waals surface area contributed by atoms with Gasteiger partial charge in [0.15, 0.2) is 5.82 Å². The average Bonchev–Trinajstić information content (AvgIpc) is 2.57. The average molecular weight is 355 g/mol. The Morgan fingerprint density at radius 1 is 0.960 bits per heavy atom. The number of hydrogen-bond acceptors (Lipinski definition) is 5. The Bertz CT molecular complexity index is 927. The number of nitrogens with two attached hydrogens (primary N) is 1. The van der Waals surface area contributed by atoms with E-state index in [-0.39, 0.29) is 0 Å². The van der Waals surface area contributed by atoms with Crippen molar-refractivity contribution in [2.24, 2.45) is 0 Å². The number of aromatic nitrogens is 2. The molecule has 0 saturated carbocycles. The molecule has 0 bridgehead atoms. The predicted octanol–water partition coefficient (Wildman–Crippen LogP) is 5.17. The van der Waals surface area contributed by atoms with E-state index < -0.39 is 0 Å². The van der Waals surface area contributed by atoms with E-state index in [4.69, 9.17) is 22.1 Å². The van der Waals surface area contributed by atoms with E-state index >= 15 is 0 Å². The number of anilines is 3. The van der Waals surface area contributed by atoms with Gasteiger partial charge in [-0.05, 0) is 67.8 Å². The minimum absolute atomic E-state index is 0.312. The normalized spacial score (nSPS) is 10.6. The number of hydrogen-bond donors (Lipinski definition) is 2. The van der Waals surface area contributed by atoms with Crippen LogP contribution >= 0.6 is 11.6 Å². The minimum Gasteiger partial charge on any atom is -0.437 e. The van der Waals surface area contributed by atoms with E-state index in [2.05, 4.69) is 22.2 Å². The van der Waals surface area contributed by atoms with Crippen molar-refractivity contribution >= 4 is 28.8 Å². The van der Waals surface area contributed by atoms with Gasteiger partial charge in [-0.15, -0.1) is 0 Å². The van der Waals surface area contributed by atoms with Crippen LogP contribution in [0.4, 0.5) is 17.2 Å². The van der Waals surface area contributed by atoms with Gasteiger partial charge in [0.1, 0.15) is 17.8 Å². The molecule has 0 fully saturated rings. The molecule has 0 aliphatic heterocycles. The lowest BCUT2D eigenvalue weighted by Gasteiger charge is -2.13. The molecule has 0 spiro atoms. The van der Waals surface area contributed by atoms with Crippen LogP contribution in [0.3, 0.4) is 0 Å². The first-order valence-corrected chi connectivity index (χ1v) is 8.20. The number of nitrogen functional groups attached to an aromatic ring is 1. The third kappa shape index (κ3) is 3.83. The first-order chi connectivity index (χ1) is 11.9. The standard InChI is InChI=1S/C19H19ClN4O/c1-11-4-6-15(9-12(11)2)25-19-17(21)18(22-10-23-19)24-16-7-5-14(20)8-13(16)3/h4-10H,21H2,1-3H3,(H,22,23,24). The van der Waals surface area contributed by atoms with Gasteiger partial charge in [0.05, 0.1) is 0 Å². The number of nitrogens with zero attached hydrogens (tertiary/aromatic N) is 2. The van der Waals surface area contributed by atoms with Crippen LogP contribution in [0, 0.1) is 20.8 Å². The molecular formula is C19H19ClN4O. The number of halogens is 1. The predicted molar refractivity (Wildman–Crippen MR) is 102 cm³/mol. The number of benzene rings is 2. The Morgan fingerprint density at radius 3 is 2.48 bits per heavy atom. The van der Waals surface area contributed by atoms with Crippen LogP contribution in [-0.4, -0.2) is 9.97 Å². The fourth-order valence-corrected chi connectivity index (χ4v) is 2.57. The summed E-state index contributed by atoms with van der Waals surface area (Å²) >= 11 is 5.99. The van der Waals surface area contributed by atoms with Crippen molar-refractivity contribution in [3.8, 4) is 11.6 Å². The van der Waals surface area contributed by atoms with Gasteiger partial charge in [-0.3, -0.25) is 0 Å². The van der Waals surface area contributed by atoms with E-state index in [9.17, 15) is 0 Å². The topological polar surface area (TPSA) is 73.1 Å². The molecule has 1 aromatic heterocycles. The van der Waals surface area contributed by atoms with Crippen molar-refractivity contribution in [2.75, 3.05) is 11.1 Å². The van der Waals surface area contributed by atoms with E-state index in [0.717, 1.165) is 16.8 Å². The molecule has 25 heavy (non-hydrogen) atoms. The van der Waals surface area contributed by atoms with Crippen molar-refractivity contribution in [3.05, 3.63) is 64.4 Å². The second-order valence-corrected chi connectivity index (χ2v) is 6.31. The molecular weight excluding hydrogens is 336 g/mol. The number of aryl methyl sites for hydroxylation is 3. The van der Waals surface area contributed by atoms with Gasteiger partial charge in [-0.2, -0.15) is 4.98 Å². The zero-order chi connectivity index (χ0) is 18.0. The Kier molecular flexibility index (Phi) is 4.76. The highest BCUT2D eigenvalue weighted by atomic mass is 35.5. The van der Waals surface area contributed by atoms with Gasteiger partial charge in [-0.25, -0.2) is 4.98 Å². The van der Waals surface area contributed by atoms with E-state index in [0.29, 0.717) is 28.2 Å². The van der Waals surface area contributed by atoms with Crippen LogP contribution in [0.1, 0.15) is 16.7 Å². The van der Waals surface area contributed by atoms with Gasteiger partial charge >= 0.3 is 0 Å². The summed E-state index contributed by atoms with van der Waals surface area (Å²) in [5.74, 6) is 1.48. The minimum atomic E-state index is 0.312. The summed E-state index contributed by atoms with van der Waals surface area (Å²) in [5.41, 5.74) is 10.7. The monoisotopic (exact) mass is 354 g/mol. The zero-order valence-corrected chi connectivity index (χ0v) is 15.1. The SMILES string of the molecule is Cc1ccc(Oc2ncnc(Nc3ccc(Cl)cc3C)c2N)cc1C. The Morgan fingerprint density at radius 2 is 1.76 bits per heavy atom. The summed E-state index contributed by atoms with van der Waals surface area (Å²) in [4.78, 5) is 8.36. The Balaban J connectivity index is 1.87. The highest BCUT2D eigenvalue weighted by molar-refractivity contribution is 6.30. The number of nitrogens with one attached hydrogen (secondary N) is 1.